The first kappa shape index (κ1) is 128. The Kier molecular flexibility index (Phi) is 49.3. The number of nitrogens with one attached hydrogen (secondary N) is 1. The smallest absolute Gasteiger partial charge is 0.312 e. The third-order valence-electron chi connectivity index (χ3n) is 28.0. The summed E-state index contributed by atoms with van der Waals surface area (Å²) in [5.41, 5.74) is 10.2. The third kappa shape index (κ3) is 39.7. The number of piperazine rings is 1. The lowest BCUT2D eigenvalue weighted by Crippen LogP contribution is -2.55. The van der Waals surface area contributed by atoms with Crippen molar-refractivity contribution in [1.82, 2.24) is 34.1 Å². The quantitative estimate of drug-likeness (QED) is 0.0352. The molecule has 4 aliphatic heterocycles. The van der Waals surface area contributed by atoms with Crippen molar-refractivity contribution in [3.8, 4) is 11.5 Å². The van der Waals surface area contributed by atoms with Crippen molar-refractivity contribution < 1.29 is 88.3 Å². The molecule has 5 amide bonds. The number of ether oxygens (including phenoxy) is 2. The molecule has 838 valence electrons. The van der Waals surface area contributed by atoms with Gasteiger partial charge in [-0.3, -0.25) is 50.4 Å². The summed E-state index contributed by atoms with van der Waals surface area (Å²) in [5.74, 6) is 5.65. The lowest BCUT2D eigenvalue weighted by molar-refractivity contribution is -0.156. The number of benzene rings is 6. The number of carbonyl (C=O) groups is 5. The van der Waals surface area contributed by atoms with Crippen molar-refractivity contribution in [2.75, 3.05) is 172 Å². The zero-order valence-corrected chi connectivity index (χ0v) is 99.6. The largest absolute Gasteiger partial charge is 0.493 e. The number of hydrogen-bond acceptors (Lipinski definition) is 20. The number of amides is 5. The zero-order chi connectivity index (χ0) is 112. The molecule has 7 atom stereocenters. The van der Waals surface area contributed by atoms with Gasteiger partial charge in [-0.05, 0) is 262 Å². The van der Waals surface area contributed by atoms with Crippen LogP contribution in [0.3, 0.4) is 0 Å². The Hall–Kier alpha value is -9.18. The van der Waals surface area contributed by atoms with E-state index in [0.717, 1.165) is 144 Å². The highest BCUT2D eigenvalue weighted by molar-refractivity contribution is 7.93. The summed E-state index contributed by atoms with van der Waals surface area (Å²) in [6, 6.07) is 33.4. The van der Waals surface area contributed by atoms with Gasteiger partial charge in [0, 0.05) is 142 Å². The molecule has 6 aromatic carbocycles. The standard InChI is InChI=1S/C20H25FN2O3S.C18H28N2O3S.C17H28N2O3S.C17H25NO3S.C16H25NO3S.C12H22N2O2.C11H24N2O2S/c1-13(2)16-10-17(12-19(11-16)23(4)27(5,25)26)20(24)22-14(3)15-6-8-18(21)9-7-15;1-6-14(4)19(5)18(21)16-10-15(13(2)3)11-17(12-16)20-8-7-9-24(20,22)23;1-8-13(4)18(5)17(20)15-9-14(12(2)3)10-16(11-15)19(6)23(7,21)22;1-12(2)14-8-16(18-5-4-6-22(18,19)20)10-17(9-14)21-11-15-7-13(15)3;1-11(2)13-7-15(17(4)21(5,18)19)9-16(8-13)20-10-14-6-12(14)3;1-4-5-6-13-7-8-14(9-10(2)3)12(16)11(13)15;1-4-5-6-13-8-7-12(9-11(2)3)10-16(13,14)15/h6-14H,1-5H3,(H,22,24);10-14H,6-9H2,1-5H3;9-13H,8H2,1-7H3;8-10,12-13,15H,4-7,11H2,1-3H3;7-9,11-12,14H,6,10H2,1-5H3;10H,4-9H2,1-3H3;11H,4-10H2,1-3H3/t14-;;;;;;/m1....../s1. The second-order valence-corrected chi connectivity index (χ2v) is 55.3. The summed E-state index contributed by atoms with van der Waals surface area (Å²) in [6.45, 7) is 55.7. The molecule has 38 heteroatoms. The van der Waals surface area contributed by atoms with Gasteiger partial charge in [-0.25, -0.2) is 54.9 Å². The molecule has 6 aliphatic rings. The number of sulfonamides is 6. The molecule has 0 radical (unpaired) electrons. The van der Waals surface area contributed by atoms with Crippen molar-refractivity contribution in [3.63, 3.8) is 0 Å². The van der Waals surface area contributed by atoms with Crippen LogP contribution in [0.1, 0.15) is 324 Å². The summed E-state index contributed by atoms with van der Waals surface area (Å²) in [4.78, 5) is 70.6. The molecule has 6 fully saturated rings. The van der Waals surface area contributed by atoms with Crippen LogP contribution >= 0.6 is 0 Å². The summed E-state index contributed by atoms with van der Waals surface area (Å²) in [7, 11) is -11.4. The van der Waals surface area contributed by atoms with Crippen LogP contribution in [0, 0.1) is 41.3 Å². The van der Waals surface area contributed by atoms with Crippen LogP contribution in [0.25, 0.3) is 0 Å². The Morgan fingerprint density at radius 1 is 0.430 bits per heavy atom. The fourth-order valence-corrected chi connectivity index (χ4v) is 22.8. The average Bonchev–Trinajstić information content (AvgIpc) is 1.70. The maximum Gasteiger partial charge on any atom is 0.312 e. The predicted octanol–water partition coefficient (Wildman–Crippen LogP) is 19.2. The molecule has 2 aliphatic carbocycles. The topological polar surface area (TPSA) is 356 Å². The summed E-state index contributed by atoms with van der Waals surface area (Å²) in [6.07, 6.45) is 13.0. The van der Waals surface area contributed by atoms with Crippen LogP contribution < -0.4 is 36.3 Å². The molecule has 6 unspecified atom stereocenters. The van der Waals surface area contributed by atoms with E-state index in [1.165, 1.54) is 62.5 Å². The molecule has 6 aromatic rings. The lowest BCUT2D eigenvalue weighted by atomic mass is 9.99. The van der Waals surface area contributed by atoms with E-state index in [4.69, 9.17) is 9.47 Å². The van der Waals surface area contributed by atoms with Crippen molar-refractivity contribution in [2.45, 2.75) is 271 Å². The molecule has 31 nitrogen and oxygen atoms in total. The summed E-state index contributed by atoms with van der Waals surface area (Å²) >= 11 is 0. The maximum absolute atomic E-state index is 13.1. The highest BCUT2D eigenvalue weighted by atomic mass is 32.2. The van der Waals surface area contributed by atoms with Crippen molar-refractivity contribution in [2.24, 2.45) is 35.5 Å². The highest BCUT2D eigenvalue weighted by Crippen LogP contribution is 2.42. The molecular formula is C111H177FN12O19S6. The van der Waals surface area contributed by atoms with Crippen LogP contribution in [0.2, 0.25) is 0 Å². The zero-order valence-electron chi connectivity index (χ0n) is 94.7. The van der Waals surface area contributed by atoms with Gasteiger partial charge in [0.1, 0.15) is 23.2 Å². The predicted molar refractivity (Wildman–Crippen MR) is 605 cm³/mol. The van der Waals surface area contributed by atoms with E-state index >= 15 is 0 Å². The summed E-state index contributed by atoms with van der Waals surface area (Å²) < 4.78 is 177. The monoisotopic (exact) mass is 2190 g/mol. The Labute approximate surface area is 895 Å². The van der Waals surface area contributed by atoms with E-state index in [9.17, 15) is 78.9 Å². The Morgan fingerprint density at radius 2 is 0.792 bits per heavy atom. The first-order chi connectivity index (χ1) is 69.2. The van der Waals surface area contributed by atoms with Crippen molar-refractivity contribution >= 4 is 118 Å². The summed E-state index contributed by atoms with van der Waals surface area (Å²) in [5, 5.41) is 2.87. The van der Waals surface area contributed by atoms with Gasteiger partial charge in [-0.2, -0.15) is 4.31 Å². The fraction of sp³-hybridized carbons (Fsp3) is 0.631. The van der Waals surface area contributed by atoms with Gasteiger partial charge in [0.05, 0.1) is 78.0 Å². The van der Waals surface area contributed by atoms with Crippen LogP contribution in [0.5, 0.6) is 11.5 Å². The van der Waals surface area contributed by atoms with Crippen LogP contribution in [0.4, 0.5) is 32.8 Å². The molecule has 149 heavy (non-hydrogen) atoms. The number of unbranched alkanes of at least 4 members (excludes halogenated alkanes) is 2. The molecule has 4 heterocycles. The van der Waals surface area contributed by atoms with Gasteiger partial charge in [-0.1, -0.05) is 163 Å². The Morgan fingerprint density at radius 3 is 1.17 bits per heavy atom. The number of anilines is 5. The van der Waals surface area contributed by atoms with Gasteiger partial charge in [0.25, 0.3) is 17.7 Å². The highest BCUT2D eigenvalue weighted by Gasteiger charge is 2.38. The molecular weight excluding hydrogens is 2020 g/mol. The molecule has 0 spiro atoms. The van der Waals surface area contributed by atoms with E-state index in [0.29, 0.717) is 140 Å². The van der Waals surface area contributed by atoms with Crippen molar-refractivity contribution in [1.29, 1.82) is 0 Å². The number of carbonyl (C=O) groups excluding carboxylic acids is 5. The maximum atomic E-state index is 13.1. The van der Waals surface area contributed by atoms with E-state index in [2.05, 4.69) is 88.4 Å². The van der Waals surface area contributed by atoms with E-state index < -0.39 is 60.1 Å². The minimum absolute atomic E-state index is 0.0651. The average molecular weight is 2200 g/mol. The van der Waals surface area contributed by atoms with Gasteiger partial charge >= 0.3 is 11.8 Å². The number of halogens is 1. The van der Waals surface area contributed by atoms with Crippen molar-refractivity contribution in [3.05, 3.63) is 171 Å². The number of hydrogen-bond donors (Lipinski definition) is 1. The number of nitrogens with zero attached hydrogens (tertiary/aromatic N) is 11. The van der Waals surface area contributed by atoms with Gasteiger partial charge in [-0.15, -0.1) is 0 Å². The van der Waals surface area contributed by atoms with Crippen LogP contribution in [-0.4, -0.2) is 271 Å². The van der Waals surface area contributed by atoms with E-state index in [-0.39, 0.29) is 88.6 Å². The minimum Gasteiger partial charge on any atom is -0.493 e. The van der Waals surface area contributed by atoms with Gasteiger partial charge in [0.15, 0.2) is 0 Å². The van der Waals surface area contributed by atoms with E-state index in [1.807, 2.05) is 129 Å². The molecule has 12 rings (SSSR count). The number of rotatable bonds is 38. The molecule has 1 N–H and O–H groups in total. The van der Waals surface area contributed by atoms with Crippen LogP contribution in [-0.2, 0) is 69.7 Å². The van der Waals surface area contributed by atoms with Crippen LogP contribution in [0.15, 0.2) is 115 Å². The SMILES string of the molecule is CC(C)c1cc(C(=O)N[C@H](C)c2ccc(F)cc2)cc(N(C)S(C)(=O)=O)c1.CC(C)c1cc(OCC2CC2C)cc(N(C)S(C)(=O)=O)c1.CC(C)c1cc(OCC2CC2C)cc(N2CCCS2(=O)=O)c1.CCC(C)N(C)C(=O)c1cc(C(C)C)cc(N(C)S(C)(=O)=O)c1.CCC(C)N(C)C(=O)c1cc(C(C)C)cc(N2CCCS2(=O)=O)c1.CCCCN1CCN(CC(C)C)C(=O)C1=O.CCCCN1CCN(CC(C)C)CS1(=O)=O. The third-order valence-corrected chi connectivity index (χ3v) is 37.2. The first-order valence-corrected chi connectivity index (χ1v) is 63.3. The molecule has 0 aromatic heterocycles. The molecule has 4 saturated heterocycles. The van der Waals surface area contributed by atoms with E-state index in [1.54, 1.807) is 101 Å². The van der Waals surface area contributed by atoms with Gasteiger partial charge < -0.3 is 34.4 Å². The molecule has 0 bridgehead atoms. The van der Waals surface area contributed by atoms with Gasteiger partial charge in [0.2, 0.25) is 60.1 Å². The second-order valence-electron chi connectivity index (χ2n) is 43.3. The molecule has 2 saturated carbocycles. The second kappa shape index (κ2) is 57.1. The lowest BCUT2D eigenvalue weighted by Gasteiger charge is -2.34. The fourth-order valence-electron chi connectivity index (χ4n) is 16.6. The Balaban J connectivity index is 0.000000267. The Bertz CT molecular complexity index is 6150. The normalized spacial score (nSPS) is 18.5. The first-order valence-electron chi connectivity index (χ1n) is 52.9. The minimum atomic E-state index is -3.44.